The van der Waals surface area contributed by atoms with E-state index in [0.29, 0.717) is 36.7 Å². The van der Waals surface area contributed by atoms with E-state index in [0.717, 1.165) is 25.7 Å². The van der Waals surface area contributed by atoms with E-state index in [1.54, 1.807) is 29.2 Å². The largest absolute Gasteiger partial charge is 0.467 e. The number of carbonyl (C=O) groups is 3. The van der Waals surface area contributed by atoms with Crippen molar-refractivity contribution in [2.24, 2.45) is 5.41 Å². The van der Waals surface area contributed by atoms with Crippen LogP contribution in [0.5, 0.6) is 11.5 Å². The molecule has 2 heterocycles. The minimum Gasteiger partial charge on any atom is -0.467 e. The Balaban J connectivity index is 1.16. The first-order valence-electron chi connectivity index (χ1n) is 12.7. The minimum atomic E-state index is -0.682. The van der Waals surface area contributed by atoms with Crippen molar-refractivity contribution < 1.29 is 33.3 Å². The molecule has 2 aromatic carbocycles. The van der Waals surface area contributed by atoms with Crippen molar-refractivity contribution in [1.29, 1.82) is 0 Å². The summed E-state index contributed by atoms with van der Waals surface area (Å²) in [6.07, 6.45) is 3.98. The van der Waals surface area contributed by atoms with Gasteiger partial charge in [0, 0.05) is 23.6 Å². The van der Waals surface area contributed by atoms with Gasteiger partial charge in [0.2, 0.25) is 5.91 Å². The molecule has 0 bridgehead atoms. The van der Waals surface area contributed by atoms with Crippen LogP contribution in [0.4, 0.5) is 0 Å². The summed E-state index contributed by atoms with van der Waals surface area (Å²) in [4.78, 5) is 39.9. The zero-order valence-electron chi connectivity index (χ0n) is 20.9. The van der Waals surface area contributed by atoms with Gasteiger partial charge in [0.25, 0.3) is 5.91 Å². The number of nitrogens with one attached hydrogen (secondary N) is 1. The van der Waals surface area contributed by atoms with E-state index >= 15 is 0 Å². The lowest BCUT2D eigenvalue weighted by atomic mass is 10.0. The maximum Gasteiger partial charge on any atom is 0.328 e. The average Bonchev–Trinajstić information content (AvgIpc) is 3.55. The van der Waals surface area contributed by atoms with Crippen LogP contribution >= 0.6 is 0 Å². The number of esters is 1. The fourth-order valence-electron chi connectivity index (χ4n) is 5.28. The van der Waals surface area contributed by atoms with Gasteiger partial charge in [-0.3, -0.25) is 9.59 Å². The van der Waals surface area contributed by atoms with Crippen LogP contribution in [0.2, 0.25) is 0 Å². The van der Waals surface area contributed by atoms with Crippen LogP contribution in [-0.4, -0.2) is 67.9 Å². The molecule has 0 spiro atoms. The summed E-state index contributed by atoms with van der Waals surface area (Å²) in [6, 6.07) is 15.2. The molecular formula is C28H32N2O7. The molecule has 196 valence electrons. The van der Waals surface area contributed by atoms with Gasteiger partial charge in [0.1, 0.15) is 17.5 Å². The van der Waals surface area contributed by atoms with Crippen molar-refractivity contribution in [3.05, 3.63) is 60.2 Å². The number of hydrogen-bond donors (Lipinski definition) is 1. The van der Waals surface area contributed by atoms with Crippen LogP contribution in [0.3, 0.4) is 0 Å². The Hall–Kier alpha value is -3.43. The molecule has 5 rings (SSSR count). The molecule has 3 aliphatic rings. The molecule has 1 aliphatic carbocycles. The second-order valence-electron chi connectivity index (χ2n) is 9.86. The molecule has 37 heavy (non-hydrogen) atoms. The van der Waals surface area contributed by atoms with Gasteiger partial charge >= 0.3 is 5.97 Å². The van der Waals surface area contributed by atoms with Crippen molar-refractivity contribution in [1.82, 2.24) is 10.2 Å². The van der Waals surface area contributed by atoms with Crippen LogP contribution in [0, 0.1) is 5.41 Å². The number of para-hydroxylation sites is 1. The third-order valence-electron chi connectivity index (χ3n) is 7.37. The predicted molar refractivity (Wildman–Crippen MR) is 133 cm³/mol. The molecule has 0 aromatic heterocycles. The maximum atomic E-state index is 13.2. The van der Waals surface area contributed by atoms with E-state index in [-0.39, 0.29) is 36.1 Å². The standard InChI is InChI=1S/C28H32N2O7/c1-34-27(33)22-15-28(18-36-25-9-5-6-14-35-25)16-23(28)30(22)24(31)17-29-26(32)19-10-12-21(13-11-19)37-20-7-3-2-4-8-20/h2-4,7-8,10-13,22-23,25H,5-6,9,14-18H2,1H3,(H,29,32)/t22-,23-,25?,28+/m0/s1. The molecule has 1 unspecified atom stereocenters. The zero-order valence-corrected chi connectivity index (χ0v) is 20.9. The fourth-order valence-corrected chi connectivity index (χ4v) is 5.28. The highest BCUT2D eigenvalue weighted by Crippen LogP contribution is 2.60. The molecule has 2 aliphatic heterocycles. The number of methoxy groups -OCH3 is 1. The molecular weight excluding hydrogens is 476 g/mol. The van der Waals surface area contributed by atoms with E-state index in [4.69, 9.17) is 18.9 Å². The summed E-state index contributed by atoms with van der Waals surface area (Å²) in [5.41, 5.74) is 0.134. The highest BCUT2D eigenvalue weighted by molar-refractivity contribution is 5.97. The highest BCUT2D eigenvalue weighted by Gasteiger charge is 2.67. The van der Waals surface area contributed by atoms with Crippen LogP contribution in [0.15, 0.2) is 54.6 Å². The van der Waals surface area contributed by atoms with Gasteiger partial charge in [0.05, 0.1) is 20.3 Å². The SMILES string of the molecule is COC(=O)[C@@H]1C[C@]2(COC3CCCCO3)C[C@@H]2N1C(=O)CNC(=O)c1ccc(Oc2ccccc2)cc1. The van der Waals surface area contributed by atoms with Crippen molar-refractivity contribution >= 4 is 17.8 Å². The van der Waals surface area contributed by atoms with E-state index in [1.807, 2.05) is 30.3 Å². The molecule has 2 saturated heterocycles. The monoisotopic (exact) mass is 508 g/mol. The Morgan fingerprint density at radius 1 is 1.03 bits per heavy atom. The van der Waals surface area contributed by atoms with Crippen LogP contribution in [0.25, 0.3) is 0 Å². The first-order valence-corrected chi connectivity index (χ1v) is 12.7. The number of nitrogens with zero attached hydrogens (tertiary/aromatic N) is 1. The quantitative estimate of drug-likeness (QED) is 0.519. The normalized spacial score (nSPS) is 26.2. The second kappa shape index (κ2) is 10.9. The summed E-state index contributed by atoms with van der Waals surface area (Å²) >= 11 is 0. The van der Waals surface area contributed by atoms with Crippen molar-refractivity contribution in [2.45, 2.75) is 50.5 Å². The Bertz CT molecular complexity index is 1120. The van der Waals surface area contributed by atoms with Crippen LogP contribution in [0.1, 0.15) is 42.5 Å². The van der Waals surface area contributed by atoms with Gasteiger partial charge in [0.15, 0.2) is 6.29 Å². The van der Waals surface area contributed by atoms with Gasteiger partial charge in [-0.15, -0.1) is 0 Å². The van der Waals surface area contributed by atoms with E-state index in [2.05, 4.69) is 5.32 Å². The number of rotatable bonds is 9. The lowest BCUT2D eigenvalue weighted by Crippen LogP contribution is -2.47. The van der Waals surface area contributed by atoms with Gasteiger partial charge in [-0.05, 0) is 68.5 Å². The predicted octanol–water partition coefficient (Wildman–Crippen LogP) is 3.28. The summed E-state index contributed by atoms with van der Waals surface area (Å²) in [7, 11) is 1.32. The number of piperidine rings is 1. The third kappa shape index (κ3) is 5.62. The van der Waals surface area contributed by atoms with Gasteiger partial charge < -0.3 is 29.2 Å². The van der Waals surface area contributed by atoms with Crippen molar-refractivity contribution in [2.75, 3.05) is 26.9 Å². The number of likely N-dealkylation sites (tertiary alicyclic amines) is 1. The van der Waals surface area contributed by atoms with Gasteiger partial charge in [-0.1, -0.05) is 18.2 Å². The highest BCUT2D eigenvalue weighted by atomic mass is 16.7. The maximum absolute atomic E-state index is 13.2. The first-order chi connectivity index (χ1) is 18.0. The molecule has 0 radical (unpaired) electrons. The van der Waals surface area contributed by atoms with Crippen molar-refractivity contribution in [3.63, 3.8) is 0 Å². The molecule has 2 aromatic rings. The molecule has 3 fully saturated rings. The van der Waals surface area contributed by atoms with E-state index in [1.165, 1.54) is 7.11 Å². The summed E-state index contributed by atoms with van der Waals surface area (Å²) in [6.45, 7) is 0.913. The fraction of sp³-hybridized carbons (Fsp3) is 0.464. The second-order valence-corrected chi connectivity index (χ2v) is 9.86. The Morgan fingerprint density at radius 2 is 1.78 bits per heavy atom. The number of carbonyl (C=O) groups excluding carboxylic acids is 3. The number of benzene rings is 2. The number of amides is 2. The Morgan fingerprint density at radius 3 is 2.49 bits per heavy atom. The summed E-state index contributed by atoms with van der Waals surface area (Å²) in [5, 5.41) is 2.68. The number of hydrogen-bond acceptors (Lipinski definition) is 7. The summed E-state index contributed by atoms with van der Waals surface area (Å²) in [5.74, 6) is 0.153. The van der Waals surface area contributed by atoms with Crippen LogP contribution < -0.4 is 10.1 Å². The Kier molecular flexibility index (Phi) is 7.43. The molecule has 2 amide bonds. The van der Waals surface area contributed by atoms with Crippen molar-refractivity contribution in [3.8, 4) is 11.5 Å². The molecule has 9 heteroatoms. The van der Waals surface area contributed by atoms with E-state index in [9.17, 15) is 14.4 Å². The smallest absolute Gasteiger partial charge is 0.328 e. The zero-order chi connectivity index (χ0) is 25.8. The molecule has 1 N–H and O–H groups in total. The van der Waals surface area contributed by atoms with Crippen LogP contribution in [-0.2, 0) is 23.8 Å². The number of ether oxygens (including phenoxy) is 4. The number of fused-ring (bicyclic) bond motifs is 1. The molecule has 9 nitrogen and oxygen atoms in total. The van der Waals surface area contributed by atoms with Gasteiger partial charge in [-0.2, -0.15) is 0 Å². The molecule has 1 saturated carbocycles. The average molecular weight is 509 g/mol. The first kappa shape index (κ1) is 25.2. The lowest BCUT2D eigenvalue weighted by molar-refractivity contribution is -0.171. The third-order valence-corrected chi connectivity index (χ3v) is 7.37. The van der Waals surface area contributed by atoms with E-state index < -0.39 is 12.0 Å². The van der Waals surface area contributed by atoms with Gasteiger partial charge in [-0.25, -0.2) is 4.79 Å². The topological polar surface area (TPSA) is 103 Å². The Labute approximate surface area is 216 Å². The molecule has 4 atom stereocenters. The lowest BCUT2D eigenvalue weighted by Gasteiger charge is -2.26. The minimum absolute atomic E-state index is 0.112. The summed E-state index contributed by atoms with van der Waals surface area (Å²) < 4.78 is 22.4.